The van der Waals surface area contributed by atoms with Gasteiger partial charge in [-0.3, -0.25) is 4.90 Å². The summed E-state index contributed by atoms with van der Waals surface area (Å²) in [5.74, 6) is 3.56. The van der Waals surface area contributed by atoms with Gasteiger partial charge in [-0.15, -0.1) is 0 Å². The largest absolute Gasteiger partial charge is 0.486 e. The molecule has 0 bridgehead atoms. The third kappa shape index (κ3) is 5.37. The number of ether oxygens (including phenoxy) is 4. The zero-order valence-electron chi connectivity index (χ0n) is 18.0. The van der Waals surface area contributed by atoms with E-state index in [0.29, 0.717) is 38.3 Å². The highest BCUT2D eigenvalue weighted by atomic mass is 16.6. The third-order valence-corrected chi connectivity index (χ3v) is 6.28. The summed E-state index contributed by atoms with van der Waals surface area (Å²) in [6, 6.07) is 6.26. The van der Waals surface area contributed by atoms with Crippen LogP contribution in [0.25, 0.3) is 0 Å². The fourth-order valence-electron chi connectivity index (χ4n) is 4.47. The lowest BCUT2D eigenvalue weighted by molar-refractivity contribution is 0.00673. The van der Waals surface area contributed by atoms with E-state index in [1.165, 1.54) is 5.56 Å². The summed E-state index contributed by atoms with van der Waals surface area (Å²) in [6.45, 7) is 6.45. The molecular weight excluding hydrogens is 398 g/mol. The number of aromatic nitrogens is 2. The molecule has 2 saturated heterocycles. The van der Waals surface area contributed by atoms with Gasteiger partial charge in [0.15, 0.2) is 17.3 Å². The molecule has 0 aliphatic carbocycles. The van der Waals surface area contributed by atoms with Crippen LogP contribution in [0.3, 0.4) is 0 Å². The topological polar surface area (TPSA) is 79.1 Å². The predicted octanol–water partition coefficient (Wildman–Crippen LogP) is 2.96. The van der Waals surface area contributed by atoms with E-state index in [-0.39, 0.29) is 0 Å². The maximum absolute atomic E-state index is 6.11. The van der Waals surface area contributed by atoms with Gasteiger partial charge >= 0.3 is 0 Å². The van der Waals surface area contributed by atoms with Gasteiger partial charge in [0.25, 0.3) is 0 Å². The number of fused-ring (bicyclic) bond motifs is 1. The lowest BCUT2D eigenvalue weighted by Crippen LogP contribution is -2.36. The molecule has 31 heavy (non-hydrogen) atoms. The van der Waals surface area contributed by atoms with Crippen LogP contribution >= 0.6 is 0 Å². The monoisotopic (exact) mass is 429 g/mol. The summed E-state index contributed by atoms with van der Waals surface area (Å²) in [5.41, 5.74) is 1.26. The molecule has 8 nitrogen and oxygen atoms in total. The maximum Gasteiger partial charge on any atom is 0.229 e. The van der Waals surface area contributed by atoms with Crippen molar-refractivity contribution in [3.05, 3.63) is 35.5 Å². The molecule has 0 unspecified atom stereocenters. The first-order valence-corrected chi connectivity index (χ1v) is 11.5. The molecular formula is C23H31N3O5. The van der Waals surface area contributed by atoms with Crippen LogP contribution in [0.5, 0.6) is 11.5 Å². The molecule has 0 radical (unpaired) electrons. The molecule has 0 amide bonds. The van der Waals surface area contributed by atoms with Crippen molar-refractivity contribution in [3.63, 3.8) is 0 Å². The van der Waals surface area contributed by atoms with Crippen molar-refractivity contribution in [1.82, 2.24) is 15.0 Å². The minimum Gasteiger partial charge on any atom is -0.486 e. The van der Waals surface area contributed by atoms with Crippen molar-refractivity contribution < 1.29 is 23.5 Å². The quantitative estimate of drug-likeness (QED) is 0.665. The minimum absolute atomic E-state index is 0.304. The highest BCUT2D eigenvalue weighted by Crippen LogP contribution is 2.31. The fraction of sp³-hybridized carbons (Fsp3) is 0.652. The van der Waals surface area contributed by atoms with E-state index in [0.717, 1.165) is 81.7 Å². The zero-order chi connectivity index (χ0) is 20.9. The van der Waals surface area contributed by atoms with Crippen LogP contribution in [0.2, 0.25) is 0 Å². The Morgan fingerprint density at radius 1 is 0.968 bits per heavy atom. The zero-order valence-corrected chi connectivity index (χ0v) is 18.0. The number of piperidine rings is 1. The van der Waals surface area contributed by atoms with Crippen molar-refractivity contribution in [2.45, 2.75) is 50.7 Å². The lowest BCUT2D eigenvalue weighted by atomic mass is 10.0. The highest BCUT2D eigenvalue weighted by molar-refractivity contribution is 5.43. The van der Waals surface area contributed by atoms with Crippen molar-refractivity contribution in [2.24, 2.45) is 0 Å². The molecule has 2 fully saturated rings. The Balaban J connectivity index is 1.02. The molecule has 3 aliphatic heterocycles. The first kappa shape index (κ1) is 20.7. The normalized spacial score (nSPS) is 20.8. The van der Waals surface area contributed by atoms with E-state index in [1.54, 1.807) is 0 Å². The number of hydrogen-bond donors (Lipinski definition) is 0. The number of rotatable bonds is 7. The van der Waals surface area contributed by atoms with E-state index in [4.69, 9.17) is 23.5 Å². The van der Waals surface area contributed by atoms with Crippen LogP contribution < -0.4 is 9.47 Å². The second-order valence-electron chi connectivity index (χ2n) is 8.51. The fourth-order valence-corrected chi connectivity index (χ4v) is 4.47. The van der Waals surface area contributed by atoms with Crippen LogP contribution in [-0.2, 0) is 22.4 Å². The Kier molecular flexibility index (Phi) is 6.67. The molecule has 8 heteroatoms. The Bertz CT molecular complexity index is 843. The molecule has 1 aromatic carbocycles. The van der Waals surface area contributed by atoms with Gasteiger partial charge in [-0.2, -0.15) is 4.98 Å². The summed E-state index contributed by atoms with van der Waals surface area (Å²) < 4.78 is 28.3. The van der Waals surface area contributed by atoms with Crippen LogP contribution in [0.15, 0.2) is 22.7 Å². The number of hydrogen-bond acceptors (Lipinski definition) is 8. The molecule has 0 atom stereocenters. The molecule has 0 saturated carbocycles. The first-order valence-electron chi connectivity index (χ1n) is 11.5. The number of nitrogens with zero attached hydrogens (tertiary/aromatic N) is 3. The van der Waals surface area contributed by atoms with Gasteiger partial charge in [0.1, 0.15) is 13.2 Å². The van der Waals surface area contributed by atoms with Crippen LogP contribution in [-0.4, -0.2) is 67.3 Å². The average molecular weight is 430 g/mol. The smallest absolute Gasteiger partial charge is 0.229 e. The van der Waals surface area contributed by atoms with E-state index in [9.17, 15) is 0 Å². The van der Waals surface area contributed by atoms with Gasteiger partial charge < -0.3 is 23.5 Å². The van der Waals surface area contributed by atoms with Crippen molar-refractivity contribution >= 4 is 0 Å². The van der Waals surface area contributed by atoms with Gasteiger partial charge in [-0.05, 0) is 43.4 Å². The molecule has 5 rings (SSSR count). The van der Waals surface area contributed by atoms with Crippen molar-refractivity contribution in [2.75, 3.05) is 46.1 Å². The number of likely N-dealkylation sites (tertiary alicyclic amines) is 1. The highest BCUT2D eigenvalue weighted by Gasteiger charge is 2.23. The summed E-state index contributed by atoms with van der Waals surface area (Å²) in [7, 11) is 0. The van der Waals surface area contributed by atoms with E-state index >= 15 is 0 Å². The molecule has 4 heterocycles. The van der Waals surface area contributed by atoms with Gasteiger partial charge in [-0.1, -0.05) is 11.2 Å². The molecule has 168 valence electrons. The predicted molar refractivity (Wildman–Crippen MR) is 112 cm³/mol. The summed E-state index contributed by atoms with van der Waals surface area (Å²) in [5, 5.41) is 4.13. The second kappa shape index (κ2) is 9.97. The van der Waals surface area contributed by atoms with Crippen molar-refractivity contribution in [1.29, 1.82) is 0 Å². The Labute approximate surface area is 182 Å². The van der Waals surface area contributed by atoms with Gasteiger partial charge in [0.05, 0.1) is 12.7 Å². The molecule has 0 spiro atoms. The summed E-state index contributed by atoms with van der Waals surface area (Å²) in [4.78, 5) is 7.04. The van der Waals surface area contributed by atoms with Gasteiger partial charge in [0, 0.05) is 45.2 Å². The van der Waals surface area contributed by atoms with Gasteiger partial charge in [-0.25, -0.2) is 0 Å². The van der Waals surface area contributed by atoms with E-state index in [1.807, 2.05) is 6.07 Å². The molecule has 2 aromatic rings. The molecule has 3 aliphatic rings. The first-order chi connectivity index (χ1) is 15.3. The third-order valence-electron chi connectivity index (χ3n) is 6.28. The molecule has 1 aromatic heterocycles. The van der Waals surface area contributed by atoms with Crippen LogP contribution in [0.1, 0.15) is 48.9 Å². The van der Waals surface area contributed by atoms with Gasteiger partial charge in [0.2, 0.25) is 5.89 Å². The summed E-state index contributed by atoms with van der Waals surface area (Å²) in [6.07, 6.45) is 5.02. The standard InChI is InChI=1S/C23H31N3O5/c1-2-20-21(30-14-13-29-20)15-17(1)16-26-8-3-19(4-9-26)28-12-7-22-24-23(31-25-22)18-5-10-27-11-6-18/h1-2,15,18-19H,3-14,16H2. The lowest BCUT2D eigenvalue weighted by Gasteiger charge is -2.32. The second-order valence-corrected chi connectivity index (χ2v) is 8.51. The Morgan fingerprint density at radius 3 is 2.61 bits per heavy atom. The molecule has 0 N–H and O–H groups in total. The Morgan fingerprint density at radius 2 is 1.77 bits per heavy atom. The van der Waals surface area contributed by atoms with Crippen LogP contribution in [0, 0.1) is 0 Å². The maximum atomic E-state index is 6.11. The van der Waals surface area contributed by atoms with Crippen molar-refractivity contribution in [3.8, 4) is 11.5 Å². The number of benzene rings is 1. The van der Waals surface area contributed by atoms with E-state index in [2.05, 4.69) is 27.2 Å². The SMILES string of the molecule is c1cc2c(cc1CN1CCC(OCCc3noc(C4CCOCC4)n3)CC1)OCCO2. The Hall–Kier alpha value is -2.16. The summed E-state index contributed by atoms with van der Waals surface area (Å²) >= 11 is 0. The van der Waals surface area contributed by atoms with E-state index < -0.39 is 0 Å². The average Bonchev–Trinajstić information content (AvgIpc) is 3.30. The minimum atomic E-state index is 0.304. The van der Waals surface area contributed by atoms with Crippen LogP contribution in [0.4, 0.5) is 0 Å².